The number of carbonyl (C=O) groups is 2. The molecule has 0 bridgehead atoms. The van der Waals surface area contributed by atoms with Crippen LogP contribution < -0.4 is 0 Å². The molecule has 1 amide bonds. The first-order valence-corrected chi connectivity index (χ1v) is 6.49. The first-order chi connectivity index (χ1) is 8.97. The van der Waals surface area contributed by atoms with Gasteiger partial charge in [0.15, 0.2) is 0 Å². The molecule has 0 aromatic carbocycles. The van der Waals surface area contributed by atoms with Gasteiger partial charge in [-0.05, 0) is 26.3 Å². The van der Waals surface area contributed by atoms with Crippen molar-refractivity contribution in [2.75, 3.05) is 13.1 Å². The monoisotopic (exact) mass is 265 g/mol. The van der Waals surface area contributed by atoms with E-state index >= 15 is 0 Å². The van der Waals surface area contributed by atoms with Gasteiger partial charge >= 0.3 is 5.97 Å². The second kappa shape index (κ2) is 5.42. The van der Waals surface area contributed by atoms with Gasteiger partial charge in [-0.15, -0.1) is 0 Å². The van der Waals surface area contributed by atoms with Crippen molar-refractivity contribution in [1.82, 2.24) is 14.7 Å². The second-order valence-electron chi connectivity index (χ2n) is 5.08. The van der Waals surface area contributed by atoms with E-state index in [-0.39, 0.29) is 12.3 Å². The van der Waals surface area contributed by atoms with Gasteiger partial charge < -0.3 is 10.0 Å². The number of carboxylic acid groups (broad SMARTS) is 1. The van der Waals surface area contributed by atoms with Crippen LogP contribution in [0.15, 0.2) is 6.07 Å². The molecule has 0 spiro atoms. The van der Waals surface area contributed by atoms with Crippen LogP contribution in [0.5, 0.6) is 0 Å². The standard InChI is InChI=1S/C13H19N3O3/c1-9-6-10(2)16(14-9)5-3-4-15-8-11(13(18)19)7-12(15)17/h6,11H,3-5,7-8H2,1-2H3,(H,18,19)/t11-/m1/s1. The number of aliphatic carboxylic acids is 1. The maximum absolute atomic E-state index is 11.6. The quantitative estimate of drug-likeness (QED) is 0.855. The average molecular weight is 265 g/mol. The highest BCUT2D eigenvalue weighted by Gasteiger charge is 2.33. The highest BCUT2D eigenvalue weighted by molar-refractivity contribution is 5.86. The van der Waals surface area contributed by atoms with Crippen LogP contribution in [-0.4, -0.2) is 44.8 Å². The summed E-state index contributed by atoms with van der Waals surface area (Å²) in [5, 5.41) is 13.3. The fourth-order valence-corrected chi connectivity index (χ4v) is 2.47. The Morgan fingerprint density at radius 2 is 2.21 bits per heavy atom. The van der Waals surface area contributed by atoms with E-state index in [2.05, 4.69) is 5.10 Å². The van der Waals surface area contributed by atoms with Crippen molar-refractivity contribution in [3.05, 3.63) is 17.5 Å². The van der Waals surface area contributed by atoms with Gasteiger partial charge in [0.25, 0.3) is 0 Å². The van der Waals surface area contributed by atoms with Crippen LogP contribution >= 0.6 is 0 Å². The summed E-state index contributed by atoms with van der Waals surface area (Å²) in [6.45, 7) is 5.64. The molecule has 1 aromatic heterocycles. The molecular weight excluding hydrogens is 246 g/mol. The summed E-state index contributed by atoms with van der Waals surface area (Å²) in [7, 11) is 0. The van der Waals surface area contributed by atoms with Crippen LogP contribution in [0.3, 0.4) is 0 Å². The smallest absolute Gasteiger partial charge is 0.308 e. The molecule has 19 heavy (non-hydrogen) atoms. The number of hydrogen-bond donors (Lipinski definition) is 1. The first-order valence-electron chi connectivity index (χ1n) is 6.49. The van der Waals surface area contributed by atoms with E-state index in [9.17, 15) is 9.59 Å². The summed E-state index contributed by atoms with van der Waals surface area (Å²) in [6, 6.07) is 2.02. The summed E-state index contributed by atoms with van der Waals surface area (Å²) < 4.78 is 1.92. The van der Waals surface area contributed by atoms with Crippen molar-refractivity contribution in [2.45, 2.75) is 33.2 Å². The zero-order valence-corrected chi connectivity index (χ0v) is 11.3. The minimum absolute atomic E-state index is 0.0548. The molecule has 0 aliphatic carbocycles. The van der Waals surface area contributed by atoms with Crippen LogP contribution in [0, 0.1) is 19.8 Å². The lowest BCUT2D eigenvalue weighted by molar-refractivity contribution is -0.141. The van der Waals surface area contributed by atoms with Gasteiger partial charge in [-0.25, -0.2) is 0 Å². The average Bonchev–Trinajstić information content (AvgIpc) is 2.83. The molecule has 1 fully saturated rings. The molecular formula is C13H19N3O3. The maximum Gasteiger partial charge on any atom is 0.308 e. The lowest BCUT2D eigenvalue weighted by Gasteiger charge is -2.16. The van der Waals surface area contributed by atoms with Crippen molar-refractivity contribution in [3.8, 4) is 0 Å². The number of rotatable bonds is 5. The zero-order valence-electron chi connectivity index (χ0n) is 11.3. The SMILES string of the molecule is Cc1cc(C)n(CCCN2C[C@H](C(=O)O)CC2=O)n1. The topological polar surface area (TPSA) is 75.4 Å². The molecule has 6 heteroatoms. The first kappa shape index (κ1) is 13.6. The Bertz CT molecular complexity index is 495. The van der Waals surface area contributed by atoms with E-state index in [1.807, 2.05) is 24.6 Å². The molecule has 0 unspecified atom stereocenters. The van der Waals surface area contributed by atoms with Crippen molar-refractivity contribution >= 4 is 11.9 Å². The Hall–Kier alpha value is -1.85. The highest BCUT2D eigenvalue weighted by Crippen LogP contribution is 2.18. The predicted molar refractivity (Wildman–Crippen MR) is 68.6 cm³/mol. The van der Waals surface area contributed by atoms with Crippen molar-refractivity contribution in [1.29, 1.82) is 0 Å². The van der Waals surface area contributed by atoms with E-state index in [0.29, 0.717) is 13.1 Å². The third kappa shape index (κ3) is 3.13. The lowest BCUT2D eigenvalue weighted by atomic mass is 10.1. The summed E-state index contributed by atoms with van der Waals surface area (Å²) in [5.74, 6) is -1.48. The van der Waals surface area contributed by atoms with Crippen molar-refractivity contribution in [3.63, 3.8) is 0 Å². The van der Waals surface area contributed by atoms with Crippen LogP contribution in [0.4, 0.5) is 0 Å². The Morgan fingerprint density at radius 3 is 2.74 bits per heavy atom. The van der Waals surface area contributed by atoms with Gasteiger partial charge in [0.1, 0.15) is 0 Å². The molecule has 1 atom stereocenters. The Morgan fingerprint density at radius 1 is 1.47 bits per heavy atom. The Labute approximate surface area is 112 Å². The minimum Gasteiger partial charge on any atom is -0.481 e. The number of aryl methyl sites for hydroxylation is 3. The molecule has 2 heterocycles. The summed E-state index contributed by atoms with van der Waals surface area (Å²) in [4.78, 5) is 24.1. The summed E-state index contributed by atoms with van der Waals surface area (Å²) >= 11 is 0. The lowest BCUT2D eigenvalue weighted by Crippen LogP contribution is -2.28. The highest BCUT2D eigenvalue weighted by atomic mass is 16.4. The van der Waals surface area contributed by atoms with Gasteiger partial charge in [0, 0.05) is 31.7 Å². The molecule has 0 radical (unpaired) electrons. The molecule has 1 aliphatic heterocycles. The number of nitrogens with zero attached hydrogens (tertiary/aromatic N) is 3. The number of aromatic nitrogens is 2. The molecule has 0 saturated carbocycles. The fourth-order valence-electron chi connectivity index (χ4n) is 2.47. The number of amides is 1. The van der Waals surface area contributed by atoms with E-state index < -0.39 is 11.9 Å². The molecule has 104 valence electrons. The molecule has 1 aliphatic rings. The van der Waals surface area contributed by atoms with Gasteiger partial charge in [-0.2, -0.15) is 5.10 Å². The predicted octanol–water partition coefficient (Wildman–Crippen LogP) is 0.823. The third-order valence-electron chi connectivity index (χ3n) is 3.47. The maximum atomic E-state index is 11.6. The molecule has 1 saturated heterocycles. The van der Waals surface area contributed by atoms with Gasteiger partial charge in [0.2, 0.25) is 5.91 Å². The van der Waals surface area contributed by atoms with Crippen molar-refractivity contribution in [2.24, 2.45) is 5.92 Å². The molecule has 1 aromatic rings. The van der Waals surface area contributed by atoms with E-state index in [0.717, 1.165) is 24.4 Å². The van der Waals surface area contributed by atoms with Crippen molar-refractivity contribution < 1.29 is 14.7 Å². The Kier molecular flexibility index (Phi) is 3.87. The summed E-state index contributed by atoms with van der Waals surface area (Å²) in [5.41, 5.74) is 2.09. The van der Waals surface area contributed by atoms with E-state index in [1.54, 1.807) is 4.90 Å². The van der Waals surface area contributed by atoms with E-state index in [4.69, 9.17) is 5.11 Å². The minimum atomic E-state index is -0.880. The van der Waals surface area contributed by atoms with Crippen LogP contribution in [0.25, 0.3) is 0 Å². The van der Waals surface area contributed by atoms with Gasteiger partial charge in [-0.1, -0.05) is 0 Å². The number of hydrogen-bond acceptors (Lipinski definition) is 3. The third-order valence-corrected chi connectivity index (χ3v) is 3.47. The number of likely N-dealkylation sites (tertiary alicyclic amines) is 1. The van der Waals surface area contributed by atoms with Crippen LogP contribution in [-0.2, 0) is 16.1 Å². The molecule has 6 nitrogen and oxygen atoms in total. The van der Waals surface area contributed by atoms with E-state index in [1.165, 1.54) is 0 Å². The van der Waals surface area contributed by atoms with Gasteiger partial charge in [-0.3, -0.25) is 14.3 Å². The number of carbonyl (C=O) groups excluding carboxylic acids is 1. The van der Waals surface area contributed by atoms with Gasteiger partial charge in [0.05, 0.1) is 11.6 Å². The second-order valence-corrected chi connectivity index (χ2v) is 5.08. The molecule has 2 rings (SSSR count). The number of carboxylic acids is 1. The largest absolute Gasteiger partial charge is 0.481 e. The van der Waals surface area contributed by atoms with Crippen LogP contribution in [0.1, 0.15) is 24.2 Å². The van der Waals surface area contributed by atoms with Crippen LogP contribution in [0.2, 0.25) is 0 Å². The Balaban J connectivity index is 1.82. The fraction of sp³-hybridized carbons (Fsp3) is 0.615. The zero-order chi connectivity index (χ0) is 14.0. The normalized spacial score (nSPS) is 19.2. The molecule has 1 N–H and O–H groups in total. The summed E-state index contributed by atoms with van der Waals surface area (Å²) in [6.07, 6.45) is 0.926.